The van der Waals surface area contributed by atoms with Gasteiger partial charge in [0, 0.05) is 10.9 Å². The highest BCUT2D eigenvalue weighted by molar-refractivity contribution is 6.09. The zero-order chi connectivity index (χ0) is 19.6. The van der Waals surface area contributed by atoms with Crippen molar-refractivity contribution in [2.45, 2.75) is 26.3 Å². The summed E-state index contributed by atoms with van der Waals surface area (Å²) in [6.07, 6.45) is 0. The predicted octanol–water partition coefficient (Wildman–Crippen LogP) is 4.22. The standard InChI is InChI=1S/C21H22N2O4/c1-21(2,3)23-19(24)14-9-5-6-10-15(14)22-20(25)17-12-13-8-7-11-16(26-4)18(13)27-17/h5-12H,1-4H3,(H,22,25)(H,23,24). The molecular weight excluding hydrogens is 344 g/mol. The van der Waals surface area contributed by atoms with Crippen LogP contribution in [0.5, 0.6) is 5.75 Å². The number of ether oxygens (including phenoxy) is 1. The molecule has 0 fully saturated rings. The Labute approximate surface area is 157 Å². The van der Waals surface area contributed by atoms with Gasteiger partial charge in [-0.05, 0) is 45.0 Å². The fourth-order valence-electron chi connectivity index (χ4n) is 2.69. The average Bonchev–Trinajstić information content (AvgIpc) is 3.05. The molecular formula is C21H22N2O4. The van der Waals surface area contributed by atoms with Crippen molar-refractivity contribution in [2.24, 2.45) is 0 Å². The number of methoxy groups -OCH3 is 1. The number of nitrogens with one attached hydrogen (secondary N) is 2. The van der Waals surface area contributed by atoms with Gasteiger partial charge in [-0.1, -0.05) is 24.3 Å². The summed E-state index contributed by atoms with van der Waals surface area (Å²) < 4.78 is 10.9. The number of furan rings is 1. The predicted molar refractivity (Wildman–Crippen MR) is 104 cm³/mol. The smallest absolute Gasteiger partial charge is 0.291 e. The number of benzene rings is 2. The molecule has 2 N–H and O–H groups in total. The van der Waals surface area contributed by atoms with Gasteiger partial charge >= 0.3 is 0 Å². The van der Waals surface area contributed by atoms with Crippen molar-refractivity contribution < 1.29 is 18.7 Å². The van der Waals surface area contributed by atoms with Gasteiger partial charge in [0.2, 0.25) is 0 Å². The molecule has 0 aliphatic heterocycles. The largest absolute Gasteiger partial charge is 0.493 e. The maximum atomic E-state index is 12.7. The van der Waals surface area contributed by atoms with Gasteiger partial charge in [0.15, 0.2) is 17.1 Å². The van der Waals surface area contributed by atoms with Gasteiger partial charge in [0.25, 0.3) is 11.8 Å². The molecule has 0 spiro atoms. The van der Waals surface area contributed by atoms with Gasteiger partial charge in [0.1, 0.15) is 0 Å². The van der Waals surface area contributed by atoms with Crippen LogP contribution in [0.4, 0.5) is 5.69 Å². The number of hydrogen-bond donors (Lipinski definition) is 2. The Hall–Kier alpha value is -3.28. The van der Waals surface area contributed by atoms with E-state index in [-0.39, 0.29) is 17.2 Å². The second-order valence-corrected chi connectivity index (χ2v) is 7.19. The first-order valence-corrected chi connectivity index (χ1v) is 8.58. The minimum Gasteiger partial charge on any atom is -0.493 e. The normalized spacial score (nSPS) is 11.3. The van der Waals surface area contributed by atoms with Crippen LogP contribution in [0.2, 0.25) is 0 Å². The maximum Gasteiger partial charge on any atom is 0.291 e. The average molecular weight is 366 g/mol. The van der Waals surface area contributed by atoms with E-state index in [1.165, 1.54) is 0 Å². The lowest BCUT2D eigenvalue weighted by Gasteiger charge is -2.21. The zero-order valence-corrected chi connectivity index (χ0v) is 15.8. The van der Waals surface area contributed by atoms with Crippen LogP contribution in [0.15, 0.2) is 52.9 Å². The number of rotatable bonds is 4. The number of anilines is 1. The Morgan fingerprint density at radius 2 is 1.74 bits per heavy atom. The summed E-state index contributed by atoms with van der Waals surface area (Å²) in [5, 5.41) is 6.42. The highest BCUT2D eigenvalue weighted by Gasteiger charge is 2.20. The summed E-state index contributed by atoms with van der Waals surface area (Å²) in [4.78, 5) is 25.2. The van der Waals surface area contributed by atoms with Gasteiger partial charge in [-0.25, -0.2) is 0 Å². The molecule has 1 aromatic heterocycles. The molecule has 3 rings (SSSR count). The zero-order valence-electron chi connectivity index (χ0n) is 15.8. The molecule has 2 amide bonds. The van der Waals surface area contributed by atoms with E-state index in [0.29, 0.717) is 22.6 Å². The molecule has 2 aromatic carbocycles. The van der Waals surface area contributed by atoms with Crippen molar-refractivity contribution in [3.8, 4) is 5.75 Å². The summed E-state index contributed by atoms with van der Waals surface area (Å²) in [6.45, 7) is 5.69. The summed E-state index contributed by atoms with van der Waals surface area (Å²) in [5.74, 6) is -0.00836. The molecule has 6 nitrogen and oxygen atoms in total. The van der Waals surface area contributed by atoms with Crippen LogP contribution in [0.1, 0.15) is 41.7 Å². The number of carbonyl (C=O) groups is 2. The van der Waals surface area contributed by atoms with Crippen molar-refractivity contribution in [3.05, 3.63) is 59.9 Å². The number of amides is 2. The fourth-order valence-corrected chi connectivity index (χ4v) is 2.69. The van der Waals surface area contributed by atoms with Gasteiger partial charge in [-0.3, -0.25) is 9.59 Å². The molecule has 140 valence electrons. The highest BCUT2D eigenvalue weighted by atomic mass is 16.5. The van der Waals surface area contributed by atoms with Crippen molar-refractivity contribution in [3.63, 3.8) is 0 Å². The van der Waals surface area contributed by atoms with E-state index >= 15 is 0 Å². The molecule has 0 saturated heterocycles. The van der Waals surface area contributed by atoms with Crippen LogP contribution in [0, 0.1) is 0 Å². The summed E-state index contributed by atoms with van der Waals surface area (Å²) >= 11 is 0. The van der Waals surface area contributed by atoms with E-state index in [1.807, 2.05) is 32.9 Å². The summed E-state index contributed by atoms with van der Waals surface area (Å²) in [7, 11) is 1.54. The third kappa shape index (κ3) is 4.11. The molecule has 0 aliphatic rings. The Morgan fingerprint density at radius 1 is 1.00 bits per heavy atom. The SMILES string of the molecule is COc1cccc2cc(C(=O)Nc3ccccc3C(=O)NC(C)(C)C)oc12. The van der Waals surface area contributed by atoms with Crippen molar-refractivity contribution in [1.29, 1.82) is 0 Å². The van der Waals surface area contributed by atoms with Gasteiger partial charge in [0.05, 0.1) is 18.4 Å². The Kier molecular flexibility index (Phi) is 4.90. The first-order chi connectivity index (χ1) is 12.8. The monoisotopic (exact) mass is 366 g/mol. The minimum atomic E-state index is -0.440. The quantitative estimate of drug-likeness (QED) is 0.724. The Bertz CT molecular complexity index is 999. The minimum absolute atomic E-state index is 0.139. The van der Waals surface area contributed by atoms with Crippen LogP contribution < -0.4 is 15.4 Å². The lowest BCUT2D eigenvalue weighted by atomic mass is 10.1. The maximum absolute atomic E-state index is 12.7. The Morgan fingerprint density at radius 3 is 2.44 bits per heavy atom. The molecule has 27 heavy (non-hydrogen) atoms. The first kappa shape index (κ1) is 18.5. The molecule has 0 bridgehead atoms. The van der Waals surface area contributed by atoms with Crippen LogP contribution in [-0.2, 0) is 0 Å². The van der Waals surface area contributed by atoms with E-state index in [1.54, 1.807) is 43.5 Å². The van der Waals surface area contributed by atoms with E-state index in [0.717, 1.165) is 5.39 Å². The second-order valence-electron chi connectivity index (χ2n) is 7.19. The third-order valence-electron chi connectivity index (χ3n) is 3.86. The summed E-state index contributed by atoms with van der Waals surface area (Å²) in [6, 6.07) is 13.9. The molecule has 3 aromatic rings. The number of hydrogen-bond acceptors (Lipinski definition) is 4. The molecule has 0 saturated carbocycles. The van der Waals surface area contributed by atoms with Gasteiger partial charge in [-0.2, -0.15) is 0 Å². The van der Waals surface area contributed by atoms with Crippen LogP contribution in [0.25, 0.3) is 11.0 Å². The molecule has 0 aliphatic carbocycles. The highest BCUT2D eigenvalue weighted by Crippen LogP contribution is 2.29. The van der Waals surface area contributed by atoms with Crippen LogP contribution in [0.3, 0.4) is 0 Å². The summed E-state index contributed by atoms with van der Waals surface area (Å²) in [5.41, 5.74) is 0.916. The Balaban J connectivity index is 1.88. The fraction of sp³-hybridized carbons (Fsp3) is 0.238. The van der Waals surface area contributed by atoms with Gasteiger partial charge < -0.3 is 19.8 Å². The van der Waals surface area contributed by atoms with Crippen molar-refractivity contribution in [2.75, 3.05) is 12.4 Å². The number of fused-ring (bicyclic) bond motifs is 1. The molecule has 6 heteroatoms. The van der Waals surface area contributed by atoms with E-state index in [2.05, 4.69) is 10.6 Å². The van der Waals surface area contributed by atoms with E-state index in [4.69, 9.17) is 9.15 Å². The number of para-hydroxylation sites is 2. The molecule has 0 atom stereocenters. The van der Waals surface area contributed by atoms with Crippen LogP contribution >= 0.6 is 0 Å². The van der Waals surface area contributed by atoms with E-state index in [9.17, 15) is 9.59 Å². The van der Waals surface area contributed by atoms with E-state index < -0.39 is 5.91 Å². The van der Waals surface area contributed by atoms with Crippen molar-refractivity contribution >= 4 is 28.5 Å². The molecule has 0 unspecified atom stereocenters. The van der Waals surface area contributed by atoms with Gasteiger partial charge in [-0.15, -0.1) is 0 Å². The molecule has 0 radical (unpaired) electrons. The second kappa shape index (κ2) is 7.15. The first-order valence-electron chi connectivity index (χ1n) is 8.58. The molecule has 1 heterocycles. The topological polar surface area (TPSA) is 80.6 Å². The lowest BCUT2D eigenvalue weighted by Crippen LogP contribution is -2.40. The van der Waals surface area contributed by atoms with Crippen molar-refractivity contribution in [1.82, 2.24) is 5.32 Å². The number of carbonyl (C=O) groups excluding carboxylic acids is 2. The lowest BCUT2D eigenvalue weighted by molar-refractivity contribution is 0.0920. The van der Waals surface area contributed by atoms with Crippen LogP contribution in [-0.4, -0.2) is 24.5 Å². The third-order valence-corrected chi connectivity index (χ3v) is 3.86.